The number of piperidine rings is 1. The number of hydrogen-bond acceptors (Lipinski definition) is 3. The van der Waals surface area contributed by atoms with Gasteiger partial charge in [-0.15, -0.1) is 0 Å². The van der Waals surface area contributed by atoms with Gasteiger partial charge in [0.25, 0.3) is 0 Å². The maximum Gasteiger partial charge on any atom is 0.321 e. The second kappa shape index (κ2) is 8.44. The van der Waals surface area contributed by atoms with Crippen molar-refractivity contribution in [2.75, 3.05) is 32.0 Å². The van der Waals surface area contributed by atoms with Gasteiger partial charge in [-0.3, -0.25) is 10.00 Å². The number of benzene rings is 2. The highest BCUT2D eigenvalue weighted by Gasteiger charge is 2.22. The fourth-order valence-electron chi connectivity index (χ4n) is 3.87. The molecule has 2 amide bonds. The number of nitrogens with one attached hydrogen (secondary N) is 2. The number of rotatable bonds is 5. The molecule has 4 rings (SSSR count). The largest absolute Gasteiger partial charge is 0.327 e. The highest BCUT2D eigenvalue weighted by Crippen LogP contribution is 2.21. The van der Waals surface area contributed by atoms with E-state index in [4.69, 9.17) is 0 Å². The molecule has 2 N–H and O–H groups in total. The van der Waals surface area contributed by atoms with Crippen LogP contribution >= 0.6 is 0 Å². The first-order valence-corrected chi connectivity index (χ1v) is 9.89. The first kappa shape index (κ1) is 18.5. The molecule has 1 saturated heterocycles. The monoisotopic (exact) mass is 377 g/mol. The quantitative estimate of drug-likeness (QED) is 0.708. The Morgan fingerprint density at radius 3 is 2.79 bits per heavy atom. The van der Waals surface area contributed by atoms with Crippen LogP contribution in [0.4, 0.5) is 10.5 Å². The average Bonchev–Trinajstić information content (AvgIpc) is 3.18. The van der Waals surface area contributed by atoms with Crippen LogP contribution in [0.2, 0.25) is 0 Å². The van der Waals surface area contributed by atoms with Crippen molar-refractivity contribution >= 4 is 22.6 Å². The van der Waals surface area contributed by atoms with Crippen molar-refractivity contribution < 1.29 is 4.79 Å². The fraction of sp³-hybridized carbons (Fsp3) is 0.364. The van der Waals surface area contributed by atoms with Crippen LogP contribution in [-0.2, 0) is 6.54 Å². The van der Waals surface area contributed by atoms with E-state index in [0.29, 0.717) is 5.92 Å². The summed E-state index contributed by atoms with van der Waals surface area (Å²) in [5, 5.41) is 11.0. The van der Waals surface area contributed by atoms with Crippen molar-refractivity contribution in [1.29, 1.82) is 0 Å². The molecule has 28 heavy (non-hydrogen) atoms. The highest BCUT2D eigenvalue weighted by atomic mass is 16.2. The molecule has 0 bridgehead atoms. The summed E-state index contributed by atoms with van der Waals surface area (Å²) in [7, 11) is 1.88. The zero-order chi connectivity index (χ0) is 19.3. The van der Waals surface area contributed by atoms with E-state index in [1.54, 1.807) is 11.1 Å². The van der Waals surface area contributed by atoms with Crippen molar-refractivity contribution in [3.8, 4) is 0 Å². The minimum atomic E-state index is -0.0643. The van der Waals surface area contributed by atoms with Crippen LogP contribution in [0, 0.1) is 5.92 Å². The van der Waals surface area contributed by atoms with Gasteiger partial charge in [-0.1, -0.05) is 30.3 Å². The molecule has 3 aromatic rings. The van der Waals surface area contributed by atoms with Gasteiger partial charge in [0.15, 0.2) is 0 Å². The molecule has 0 radical (unpaired) electrons. The van der Waals surface area contributed by atoms with Crippen LogP contribution in [0.3, 0.4) is 0 Å². The lowest BCUT2D eigenvalue weighted by molar-refractivity contribution is 0.154. The summed E-state index contributed by atoms with van der Waals surface area (Å²) >= 11 is 0. The molecule has 0 unspecified atom stereocenters. The van der Waals surface area contributed by atoms with Gasteiger partial charge in [-0.05, 0) is 55.6 Å². The van der Waals surface area contributed by atoms with E-state index in [1.165, 1.54) is 5.56 Å². The number of aromatic amines is 1. The normalized spacial score (nSPS) is 15.6. The Balaban J connectivity index is 1.24. The van der Waals surface area contributed by atoms with Crippen molar-refractivity contribution in [3.05, 3.63) is 60.3 Å². The molecule has 146 valence electrons. The number of carbonyl (C=O) groups is 1. The fourth-order valence-corrected chi connectivity index (χ4v) is 3.87. The van der Waals surface area contributed by atoms with Gasteiger partial charge >= 0.3 is 6.03 Å². The molecule has 0 spiro atoms. The summed E-state index contributed by atoms with van der Waals surface area (Å²) in [6.07, 6.45) is 4.03. The third kappa shape index (κ3) is 4.51. The number of anilines is 1. The van der Waals surface area contributed by atoms with E-state index in [1.807, 2.05) is 25.2 Å². The summed E-state index contributed by atoms with van der Waals surface area (Å²) < 4.78 is 0. The topological polar surface area (TPSA) is 64.3 Å². The van der Waals surface area contributed by atoms with E-state index >= 15 is 0 Å². The number of carbonyl (C=O) groups excluding carboxylic acids is 1. The number of nitrogens with zero attached hydrogens (tertiary/aromatic N) is 3. The summed E-state index contributed by atoms with van der Waals surface area (Å²) in [4.78, 5) is 16.9. The Hall–Kier alpha value is -2.86. The summed E-state index contributed by atoms with van der Waals surface area (Å²) in [6, 6.07) is 16.3. The number of aromatic nitrogens is 2. The van der Waals surface area contributed by atoms with E-state index in [2.05, 4.69) is 50.7 Å². The molecule has 6 heteroatoms. The van der Waals surface area contributed by atoms with Gasteiger partial charge in [0.2, 0.25) is 0 Å². The molecule has 6 nitrogen and oxygen atoms in total. The minimum absolute atomic E-state index is 0.0643. The SMILES string of the molecule is CN(CC1CCN(Cc2ccccc2)CC1)C(=O)Nc1ccc2cn[nH]c2c1. The molecule has 1 aromatic heterocycles. The molecular weight excluding hydrogens is 350 g/mol. The van der Waals surface area contributed by atoms with Gasteiger partial charge in [-0.2, -0.15) is 5.10 Å². The Morgan fingerprint density at radius 2 is 2.00 bits per heavy atom. The predicted octanol–water partition coefficient (Wildman–Crippen LogP) is 3.94. The molecule has 0 aliphatic carbocycles. The smallest absolute Gasteiger partial charge is 0.321 e. The van der Waals surface area contributed by atoms with Crippen molar-refractivity contribution in [3.63, 3.8) is 0 Å². The van der Waals surface area contributed by atoms with Crippen molar-refractivity contribution in [2.45, 2.75) is 19.4 Å². The van der Waals surface area contributed by atoms with Crippen molar-refractivity contribution in [1.82, 2.24) is 20.0 Å². The second-order valence-electron chi connectivity index (χ2n) is 7.69. The highest BCUT2D eigenvalue weighted by molar-refractivity contribution is 5.92. The van der Waals surface area contributed by atoms with E-state index in [-0.39, 0.29) is 6.03 Å². The zero-order valence-corrected chi connectivity index (χ0v) is 16.3. The van der Waals surface area contributed by atoms with Gasteiger partial charge in [0.05, 0.1) is 11.7 Å². The lowest BCUT2D eigenvalue weighted by atomic mass is 9.96. The summed E-state index contributed by atoms with van der Waals surface area (Å²) in [5.74, 6) is 0.554. The van der Waals surface area contributed by atoms with Crippen LogP contribution < -0.4 is 5.32 Å². The molecule has 1 aliphatic heterocycles. The van der Waals surface area contributed by atoms with Crippen LogP contribution in [0.5, 0.6) is 0 Å². The Bertz CT molecular complexity index is 915. The number of hydrogen-bond donors (Lipinski definition) is 2. The minimum Gasteiger partial charge on any atom is -0.327 e. The predicted molar refractivity (Wildman–Crippen MR) is 112 cm³/mol. The summed E-state index contributed by atoms with van der Waals surface area (Å²) in [6.45, 7) is 3.98. The number of likely N-dealkylation sites (tertiary alicyclic amines) is 1. The van der Waals surface area contributed by atoms with Crippen LogP contribution in [0.1, 0.15) is 18.4 Å². The first-order valence-electron chi connectivity index (χ1n) is 9.89. The number of fused-ring (bicyclic) bond motifs is 1. The number of H-pyrrole nitrogens is 1. The third-order valence-corrected chi connectivity index (χ3v) is 5.53. The molecule has 1 fully saturated rings. The Labute approximate surface area is 165 Å². The average molecular weight is 377 g/mol. The third-order valence-electron chi connectivity index (χ3n) is 5.53. The second-order valence-corrected chi connectivity index (χ2v) is 7.69. The first-order chi connectivity index (χ1) is 13.7. The molecule has 0 atom stereocenters. The molecule has 2 heterocycles. The van der Waals surface area contributed by atoms with E-state index < -0.39 is 0 Å². The molecule has 2 aromatic carbocycles. The van der Waals surface area contributed by atoms with Crippen LogP contribution in [-0.4, -0.2) is 52.7 Å². The van der Waals surface area contributed by atoms with E-state index in [9.17, 15) is 4.79 Å². The standard InChI is InChI=1S/C22H27N5O/c1-26(22(28)24-20-8-7-19-14-23-25-21(19)13-20)15-18-9-11-27(12-10-18)16-17-5-3-2-4-6-17/h2-8,13-14,18H,9-12,15-16H2,1H3,(H,23,25)(H,24,28). The van der Waals surface area contributed by atoms with Crippen LogP contribution in [0.25, 0.3) is 10.9 Å². The Kier molecular flexibility index (Phi) is 5.58. The van der Waals surface area contributed by atoms with Gasteiger partial charge in [-0.25, -0.2) is 4.79 Å². The molecule has 1 aliphatic rings. The lowest BCUT2D eigenvalue weighted by Crippen LogP contribution is -2.40. The number of amides is 2. The maximum absolute atomic E-state index is 12.5. The zero-order valence-electron chi connectivity index (χ0n) is 16.3. The summed E-state index contributed by atoms with van der Waals surface area (Å²) in [5.41, 5.74) is 3.07. The van der Waals surface area contributed by atoms with E-state index in [0.717, 1.165) is 55.6 Å². The molecule has 0 saturated carbocycles. The van der Waals surface area contributed by atoms with Gasteiger partial charge < -0.3 is 10.2 Å². The van der Waals surface area contributed by atoms with Crippen molar-refractivity contribution in [2.24, 2.45) is 5.92 Å². The molecular formula is C22H27N5O. The maximum atomic E-state index is 12.5. The number of urea groups is 1. The van der Waals surface area contributed by atoms with Gasteiger partial charge in [0, 0.05) is 31.2 Å². The Morgan fingerprint density at radius 1 is 1.21 bits per heavy atom. The lowest BCUT2D eigenvalue weighted by Gasteiger charge is -2.34. The van der Waals surface area contributed by atoms with Crippen LogP contribution in [0.15, 0.2) is 54.7 Å². The van der Waals surface area contributed by atoms with Gasteiger partial charge in [0.1, 0.15) is 0 Å².